The van der Waals surface area contributed by atoms with Crippen LogP contribution in [0, 0.1) is 0 Å². The molecule has 0 aliphatic carbocycles. The highest BCUT2D eigenvalue weighted by atomic mass is 79.9. The summed E-state index contributed by atoms with van der Waals surface area (Å²) < 4.78 is 3.18. The summed E-state index contributed by atoms with van der Waals surface area (Å²) >= 11 is 3.55. The van der Waals surface area contributed by atoms with E-state index in [4.69, 9.17) is 4.98 Å². The van der Waals surface area contributed by atoms with Crippen molar-refractivity contribution in [3.63, 3.8) is 0 Å². The van der Waals surface area contributed by atoms with Gasteiger partial charge in [-0.25, -0.2) is 4.98 Å². The lowest BCUT2D eigenvalue weighted by atomic mass is 9.98. The third-order valence-corrected chi connectivity index (χ3v) is 4.10. The van der Waals surface area contributed by atoms with Crippen molar-refractivity contribution >= 4 is 21.4 Å². The summed E-state index contributed by atoms with van der Waals surface area (Å²) in [7, 11) is 2.19. The lowest BCUT2D eigenvalue weighted by Gasteiger charge is -2.28. The molecule has 0 spiro atoms. The topological polar surface area (TPSA) is 20.5 Å². The van der Waals surface area contributed by atoms with E-state index in [-0.39, 0.29) is 0 Å². The summed E-state index contributed by atoms with van der Waals surface area (Å²) in [4.78, 5) is 7.10. The zero-order chi connectivity index (χ0) is 11.8. The van der Waals surface area contributed by atoms with E-state index in [9.17, 15) is 0 Å². The minimum atomic E-state index is 0.551. The highest BCUT2D eigenvalue weighted by Crippen LogP contribution is 2.29. The number of nitrogens with zero attached hydrogens (tertiary/aromatic N) is 3. The van der Waals surface area contributed by atoms with Crippen LogP contribution in [-0.2, 0) is 0 Å². The molecule has 17 heavy (non-hydrogen) atoms. The summed E-state index contributed by atoms with van der Waals surface area (Å²) in [6.45, 7) is 2.32. The standard InChI is InChI=1S/C13H16BrN3/c1-16-7-4-5-10(9-16)13-15-12(14)11-6-2-3-8-17(11)13/h2-3,6,8,10H,4-5,7,9H2,1H3. The molecular formula is C13H16BrN3. The molecule has 0 radical (unpaired) electrons. The Kier molecular flexibility index (Phi) is 2.92. The molecule has 0 aromatic carbocycles. The van der Waals surface area contributed by atoms with E-state index in [1.165, 1.54) is 25.2 Å². The smallest absolute Gasteiger partial charge is 0.132 e. The van der Waals surface area contributed by atoms with Gasteiger partial charge in [0, 0.05) is 18.7 Å². The maximum Gasteiger partial charge on any atom is 0.132 e. The van der Waals surface area contributed by atoms with Gasteiger partial charge in [-0.3, -0.25) is 0 Å². The third-order valence-electron chi connectivity index (χ3n) is 3.52. The van der Waals surface area contributed by atoms with Gasteiger partial charge in [-0.05, 0) is 54.5 Å². The molecule has 3 rings (SSSR count). The van der Waals surface area contributed by atoms with Gasteiger partial charge in [0.25, 0.3) is 0 Å². The number of likely N-dealkylation sites (N-methyl/N-ethyl adjacent to an activating group) is 1. The zero-order valence-electron chi connectivity index (χ0n) is 9.93. The maximum absolute atomic E-state index is 4.70. The number of hydrogen-bond acceptors (Lipinski definition) is 2. The Hall–Kier alpha value is -0.870. The van der Waals surface area contributed by atoms with Crippen molar-refractivity contribution in [3.8, 4) is 0 Å². The van der Waals surface area contributed by atoms with Gasteiger partial charge in [-0.1, -0.05) is 6.07 Å². The lowest BCUT2D eigenvalue weighted by molar-refractivity contribution is 0.245. The second kappa shape index (κ2) is 4.42. The van der Waals surface area contributed by atoms with Gasteiger partial charge in [0.2, 0.25) is 0 Å². The first-order valence-electron chi connectivity index (χ1n) is 6.07. The summed E-state index contributed by atoms with van der Waals surface area (Å²) in [5.74, 6) is 1.74. The molecule has 2 aromatic heterocycles. The number of piperidine rings is 1. The molecule has 0 amide bonds. The molecule has 4 heteroatoms. The average Bonchev–Trinajstić information content (AvgIpc) is 2.68. The van der Waals surface area contributed by atoms with Crippen molar-refractivity contribution in [2.45, 2.75) is 18.8 Å². The monoisotopic (exact) mass is 293 g/mol. The normalized spacial score (nSPS) is 22.1. The molecule has 1 aliphatic rings. The van der Waals surface area contributed by atoms with E-state index < -0.39 is 0 Å². The molecule has 0 N–H and O–H groups in total. The van der Waals surface area contributed by atoms with Crippen molar-refractivity contribution < 1.29 is 0 Å². The van der Waals surface area contributed by atoms with E-state index in [1.807, 2.05) is 0 Å². The molecule has 3 nitrogen and oxygen atoms in total. The first-order valence-corrected chi connectivity index (χ1v) is 6.86. The molecule has 1 fully saturated rings. The quantitative estimate of drug-likeness (QED) is 0.806. The van der Waals surface area contributed by atoms with Crippen LogP contribution in [0.15, 0.2) is 29.0 Å². The van der Waals surface area contributed by atoms with Crippen LogP contribution in [0.3, 0.4) is 0 Å². The van der Waals surface area contributed by atoms with Crippen molar-refractivity contribution in [2.24, 2.45) is 0 Å². The summed E-state index contributed by atoms with van der Waals surface area (Å²) in [5, 5.41) is 0. The van der Waals surface area contributed by atoms with Crippen LogP contribution in [-0.4, -0.2) is 34.4 Å². The van der Waals surface area contributed by atoms with Crippen LogP contribution >= 0.6 is 15.9 Å². The second-order valence-electron chi connectivity index (χ2n) is 4.82. The fraction of sp³-hybridized carbons (Fsp3) is 0.462. The Balaban J connectivity index is 2.05. The van der Waals surface area contributed by atoms with E-state index in [0.717, 1.165) is 16.7 Å². The van der Waals surface area contributed by atoms with E-state index in [2.05, 4.69) is 56.7 Å². The van der Waals surface area contributed by atoms with Gasteiger partial charge in [-0.2, -0.15) is 0 Å². The first-order chi connectivity index (χ1) is 8.25. The Morgan fingerprint density at radius 3 is 3.12 bits per heavy atom. The van der Waals surface area contributed by atoms with Crippen molar-refractivity contribution in [2.75, 3.05) is 20.1 Å². The van der Waals surface area contributed by atoms with E-state index in [0.29, 0.717) is 5.92 Å². The predicted molar refractivity (Wildman–Crippen MR) is 72.4 cm³/mol. The van der Waals surface area contributed by atoms with Crippen molar-refractivity contribution in [1.29, 1.82) is 0 Å². The Morgan fingerprint density at radius 2 is 2.29 bits per heavy atom. The molecule has 3 heterocycles. The van der Waals surface area contributed by atoms with Gasteiger partial charge in [0.05, 0.1) is 5.52 Å². The van der Waals surface area contributed by atoms with Crippen molar-refractivity contribution in [1.82, 2.24) is 14.3 Å². The van der Waals surface area contributed by atoms with Crippen LogP contribution in [0.1, 0.15) is 24.6 Å². The maximum atomic E-state index is 4.70. The SMILES string of the molecule is CN1CCCC(c2nc(Br)c3ccccn23)C1. The molecule has 0 saturated carbocycles. The van der Waals surface area contributed by atoms with E-state index in [1.54, 1.807) is 0 Å². The molecular weight excluding hydrogens is 278 g/mol. The van der Waals surface area contributed by atoms with Crippen LogP contribution in [0.5, 0.6) is 0 Å². The summed E-state index contributed by atoms with van der Waals surface area (Å²) in [6.07, 6.45) is 4.61. The number of likely N-dealkylation sites (tertiary alicyclic amines) is 1. The minimum Gasteiger partial charge on any atom is -0.306 e. The van der Waals surface area contributed by atoms with Gasteiger partial charge >= 0.3 is 0 Å². The lowest BCUT2D eigenvalue weighted by Crippen LogP contribution is -2.31. The molecule has 1 saturated heterocycles. The molecule has 1 atom stereocenters. The number of aromatic nitrogens is 2. The number of rotatable bonds is 1. The number of fused-ring (bicyclic) bond motifs is 1. The van der Waals surface area contributed by atoms with Gasteiger partial charge < -0.3 is 9.30 Å². The summed E-state index contributed by atoms with van der Waals surface area (Å²) in [5.41, 5.74) is 1.16. The highest BCUT2D eigenvalue weighted by molar-refractivity contribution is 9.10. The van der Waals surface area contributed by atoms with E-state index >= 15 is 0 Å². The molecule has 1 aliphatic heterocycles. The first kappa shape index (κ1) is 11.2. The number of imidazole rings is 1. The fourth-order valence-corrected chi connectivity index (χ4v) is 3.19. The minimum absolute atomic E-state index is 0.551. The predicted octanol–water partition coefficient (Wildman–Crippen LogP) is 2.91. The van der Waals surface area contributed by atoms with Crippen molar-refractivity contribution in [3.05, 3.63) is 34.8 Å². The second-order valence-corrected chi connectivity index (χ2v) is 5.57. The number of halogens is 1. The van der Waals surface area contributed by atoms with Gasteiger partial charge in [-0.15, -0.1) is 0 Å². The van der Waals surface area contributed by atoms with Crippen LogP contribution in [0.25, 0.3) is 5.52 Å². The number of pyridine rings is 1. The molecule has 2 aromatic rings. The molecule has 90 valence electrons. The Morgan fingerprint density at radius 1 is 1.41 bits per heavy atom. The largest absolute Gasteiger partial charge is 0.306 e. The Labute approximate surface area is 110 Å². The highest BCUT2D eigenvalue weighted by Gasteiger charge is 2.23. The van der Waals surface area contributed by atoms with Crippen LogP contribution in [0.4, 0.5) is 0 Å². The Bertz CT molecular complexity index is 534. The zero-order valence-corrected chi connectivity index (χ0v) is 11.5. The number of hydrogen-bond donors (Lipinski definition) is 0. The average molecular weight is 294 g/mol. The molecule has 1 unspecified atom stereocenters. The van der Waals surface area contributed by atoms with Gasteiger partial charge in [0.15, 0.2) is 0 Å². The van der Waals surface area contributed by atoms with Gasteiger partial charge in [0.1, 0.15) is 10.4 Å². The van der Waals surface area contributed by atoms with Crippen LogP contribution in [0.2, 0.25) is 0 Å². The van der Waals surface area contributed by atoms with Crippen LogP contribution < -0.4 is 0 Å². The summed E-state index contributed by atoms with van der Waals surface area (Å²) in [6, 6.07) is 6.23. The third kappa shape index (κ3) is 2.00. The molecule has 0 bridgehead atoms. The fourth-order valence-electron chi connectivity index (χ4n) is 2.69.